The maximum absolute atomic E-state index is 13.2. The molecule has 30 heavy (non-hydrogen) atoms. The van der Waals surface area contributed by atoms with Gasteiger partial charge < -0.3 is 5.32 Å². The molecular formula is C21H20FN5O3. The lowest BCUT2D eigenvalue weighted by Crippen LogP contribution is -2.43. The molecule has 0 radical (unpaired) electrons. The molecule has 2 aromatic carbocycles. The molecule has 2 aliphatic rings. The molecule has 3 amide bonds. The fourth-order valence-electron chi connectivity index (χ4n) is 3.50. The minimum Gasteiger partial charge on any atom is -0.324 e. The van der Waals surface area contributed by atoms with Gasteiger partial charge in [-0.15, -0.1) is 0 Å². The number of fused-ring (bicyclic) bond motifs is 1. The van der Waals surface area contributed by atoms with Crippen LogP contribution in [0.3, 0.4) is 0 Å². The van der Waals surface area contributed by atoms with Gasteiger partial charge in [-0.25, -0.2) is 9.29 Å². The van der Waals surface area contributed by atoms with Crippen molar-refractivity contribution >= 4 is 29.1 Å². The van der Waals surface area contributed by atoms with Crippen molar-refractivity contribution in [2.45, 2.75) is 31.8 Å². The third kappa shape index (κ3) is 3.54. The van der Waals surface area contributed by atoms with Gasteiger partial charge in [0.1, 0.15) is 12.4 Å². The Morgan fingerprint density at radius 2 is 1.73 bits per heavy atom. The van der Waals surface area contributed by atoms with Crippen molar-refractivity contribution in [1.82, 2.24) is 5.01 Å². The average molecular weight is 409 g/mol. The van der Waals surface area contributed by atoms with E-state index in [9.17, 15) is 18.8 Å². The zero-order valence-corrected chi connectivity index (χ0v) is 16.4. The fourth-order valence-corrected chi connectivity index (χ4v) is 3.50. The van der Waals surface area contributed by atoms with E-state index < -0.39 is 29.7 Å². The zero-order chi connectivity index (χ0) is 21.4. The first kappa shape index (κ1) is 19.7. The number of hydrogen-bond donors (Lipinski definition) is 1. The first-order chi connectivity index (χ1) is 14.3. The number of carbonyl (C=O) groups is 3. The molecule has 2 heterocycles. The molecule has 2 atom stereocenters. The predicted octanol–water partition coefficient (Wildman–Crippen LogP) is 2.88. The van der Waals surface area contributed by atoms with Gasteiger partial charge in [0, 0.05) is 5.69 Å². The van der Waals surface area contributed by atoms with Crippen molar-refractivity contribution in [3.8, 4) is 0 Å². The summed E-state index contributed by atoms with van der Waals surface area (Å²) in [5.41, 5.74) is 2.03. The second kappa shape index (κ2) is 7.66. The Labute approximate surface area is 172 Å². The second-order valence-electron chi connectivity index (χ2n) is 7.51. The molecule has 4 rings (SSSR count). The fraction of sp³-hybridized carbons (Fsp3) is 0.286. The van der Waals surface area contributed by atoms with Gasteiger partial charge in [-0.3, -0.25) is 19.4 Å². The number of imide groups is 1. The Morgan fingerprint density at radius 3 is 2.37 bits per heavy atom. The van der Waals surface area contributed by atoms with E-state index in [1.807, 2.05) is 24.3 Å². The van der Waals surface area contributed by atoms with Crippen LogP contribution in [0.25, 0.3) is 0 Å². The molecule has 0 aromatic heterocycles. The SMILES string of the molecule is CC(C)c1ccc(NC(=O)CN2N=N[C@H]3C(=O)N(c4ccc(F)cc4)C(=O)[C@H]32)cc1. The van der Waals surface area contributed by atoms with Crippen LogP contribution in [0.15, 0.2) is 58.9 Å². The Kier molecular flexibility index (Phi) is 5.03. The van der Waals surface area contributed by atoms with E-state index in [4.69, 9.17) is 0 Å². The Balaban J connectivity index is 1.44. The molecular weight excluding hydrogens is 389 g/mol. The molecule has 0 unspecified atom stereocenters. The van der Waals surface area contributed by atoms with Gasteiger partial charge in [0.05, 0.1) is 5.69 Å². The lowest BCUT2D eigenvalue weighted by Gasteiger charge is -2.20. The van der Waals surface area contributed by atoms with E-state index in [0.29, 0.717) is 11.6 Å². The topological polar surface area (TPSA) is 94.4 Å². The van der Waals surface area contributed by atoms with Gasteiger partial charge in [0.25, 0.3) is 11.8 Å². The van der Waals surface area contributed by atoms with Crippen LogP contribution in [-0.4, -0.2) is 41.4 Å². The van der Waals surface area contributed by atoms with Crippen LogP contribution < -0.4 is 10.2 Å². The van der Waals surface area contributed by atoms with Crippen molar-refractivity contribution in [2.24, 2.45) is 10.3 Å². The van der Waals surface area contributed by atoms with Crippen LogP contribution in [0.5, 0.6) is 0 Å². The van der Waals surface area contributed by atoms with E-state index in [0.717, 1.165) is 10.5 Å². The Morgan fingerprint density at radius 1 is 1.07 bits per heavy atom. The maximum Gasteiger partial charge on any atom is 0.263 e. The van der Waals surface area contributed by atoms with Gasteiger partial charge in [-0.2, -0.15) is 5.11 Å². The summed E-state index contributed by atoms with van der Waals surface area (Å²) in [4.78, 5) is 38.9. The van der Waals surface area contributed by atoms with Crippen LogP contribution in [-0.2, 0) is 14.4 Å². The molecule has 0 bridgehead atoms. The highest BCUT2D eigenvalue weighted by Gasteiger charge is 2.55. The van der Waals surface area contributed by atoms with Crippen molar-refractivity contribution in [3.05, 3.63) is 59.9 Å². The summed E-state index contributed by atoms with van der Waals surface area (Å²) in [6.07, 6.45) is 0. The van der Waals surface area contributed by atoms with E-state index in [1.165, 1.54) is 29.3 Å². The predicted molar refractivity (Wildman–Crippen MR) is 107 cm³/mol. The summed E-state index contributed by atoms with van der Waals surface area (Å²) in [5, 5.41) is 11.7. The number of nitrogens with zero attached hydrogens (tertiary/aromatic N) is 4. The van der Waals surface area contributed by atoms with E-state index >= 15 is 0 Å². The quantitative estimate of drug-likeness (QED) is 0.769. The second-order valence-corrected chi connectivity index (χ2v) is 7.51. The van der Waals surface area contributed by atoms with Crippen LogP contribution >= 0.6 is 0 Å². The van der Waals surface area contributed by atoms with Gasteiger partial charge in [-0.1, -0.05) is 31.2 Å². The lowest BCUT2D eigenvalue weighted by molar-refractivity contribution is -0.123. The number of benzene rings is 2. The average Bonchev–Trinajstić information content (AvgIpc) is 3.23. The monoisotopic (exact) mass is 409 g/mol. The molecule has 2 aromatic rings. The van der Waals surface area contributed by atoms with Crippen molar-refractivity contribution in [2.75, 3.05) is 16.8 Å². The molecule has 8 nitrogen and oxygen atoms in total. The number of halogens is 1. The molecule has 9 heteroatoms. The molecule has 0 aliphatic carbocycles. The third-order valence-corrected chi connectivity index (χ3v) is 5.11. The standard InChI is InChI=1S/C21H20FN5O3/c1-12(2)13-3-7-15(8-4-13)23-17(28)11-26-19-18(24-25-26)20(29)27(21(19)30)16-9-5-14(22)6-10-16/h3-10,12,18-19H,11H2,1-2H3,(H,23,28)/t18-,19+/m1/s1. The number of nitrogens with one attached hydrogen (secondary N) is 1. The number of amides is 3. The summed E-state index contributed by atoms with van der Waals surface area (Å²) in [7, 11) is 0. The first-order valence-electron chi connectivity index (χ1n) is 9.56. The third-order valence-electron chi connectivity index (χ3n) is 5.11. The van der Waals surface area contributed by atoms with Crippen LogP contribution in [0.2, 0.25) is 0 Å². The Hall–Kier alpha value is -3.62. The lowest BCUT2D eigenvalue weighted by atomic mass is 10.0. The minimum atomic E-state index is -1.01. The minimum absolute atomic E-state index is 0.229. The highest BCUT2D eigenvalue weighted by molar-refractivity contribution is 6.25. The molecule has 2 aliphatic heterocycles. The summed E-state index contributed by atoms with van der Waals surface area (Å²) in [5.74, 6) is -1.57. The first-order valence-corrected chi connectivity index (χ1v) is 9.56. The molecule has 1 saturated heterocycles. The molecule has 154 valence electrons. The van der Waals surface area contributed by atoms with E-state index in [-0.39, 0.29) is 18.1 Å². The number of carbonyl (C=O) groups excluding carboxylic acids is 3. The van der Waals surface area contributed by atoms with Gasteiger partial charge in [0.15, 0.2) is 12.1 Å². The van der Waals surface area contributed by atoms with Crippen LogP contribution in [0.1, 0.15) is 25.3 Å². The summed E-state index contributed by atoms with van der Waals surface area (Å²) in [6.45, 7) is 3.93. The molecule has 0 spiro atoms. The maximum atomic E-state index is 13.2. The van der Waals surface area contributed by atoms with Gasteiger partial charge in [0.2, 0.25) is 5.91 Å². The van der Waals surface area contributed by atoms with Crippen molar-refractivity contribution < 1.29 is 18.8 Å². The molecule has 1 fully saturated rings. The van der Waals surface area contributed by atoms with Crippen LogP contribution in [0.4, 0.5) is 15.8 Å². The van der Waals surface area contributed by atoms with E-state index in [1.54, 1.807) is 0 Å². The largest absolute Gasteiger partial charge is 0.324 e. The molecule has 0 saturated carbocycles. The summed E-state index contributed by atoms with van der Waals surface area (Å²) in [6, 6.07) is 10.5. The summed E-state index contributed by atoms with van der Waals surface area (Å²) < 4.78 is 13.2. The van der Waals surface area contributed by atoms with Gasteiger partial charge in [-0.05, 0) is 47.9 Å². The smallest absolute Gasteiger partial charge is 0.263 e. The number of anilines is 2. The van der Waals surface area contributed by atoms with Crippen molar-refractivity contribution in [3.63, 3.8) is 0 Å². The highest BCUT2D eigenvalue weighted by Crippen LogP contribution is 2.31. The molecule has 1 N–H and O–H groups in total. The summed E-state index contributed by atoms with van der Waals surface area (Å²) >= 11 is 0. The van der Waals surface area contributed by atoms with E-state index in [2.05, 4.69) is 29.5 Å². The Bertz CT molecular complexity index is 1020. The van der Waals surface area contributed by atoms with Crippen LogP contribution in [0, 0.1) is 5.82 Å². The normalized spacial score (nSPS) is 20.3. The zero-order valence-electron chi connectivity index (χ0n) is 16.4. The highest BCUT2D eigenvalue weighted by atomic mass is 19.1. The number of rotatable bonds is 5. The van der Waals surface area contributed by atoms with Crippen molar-refractivity contribution in [1.29, 1.82) is 0 Å². The van der Waals surface area contributed by atoms with Gasteiger partial charge >= 0.3 is 0 Å². The number of hydrogen-bond acceptors (Lipinski definition) is 6.